The lowest BCUT2D eigenvalue weighted by atomic mass is 10.3. The maximum absolute atomic E-state index is 12.0. The summed E-state index contributed by atoms with van der Waals surface area (Å²) in [6.45, 7) is 1.24. The first-order chi connectivity index (χ1) is 4.63. The van der Waals surface area contributed by atoms with E-state index < -0.39 is 12.1 Å². The number of hydrogen-bond acceptors (Lipinski definition) is 2. The van der Waals surface area contributed by atoms with Crippen molar-refractivity contribution in [2.75, 3.05) is 13.2 Å². The van der Waals surface area contributed by atoms with Crippen molar-refractivity contribution in [1.29, 1.82) is 0 Å². The van der Waals surface area contributed by atoms with Crippen molar-refractivity contribution in [3.8, 4) is 0 Å². The Bertz CT molecular complexity index is 103. The average molecular weight is 150 g/mol. The van der Waals surface area contributed by atoms with Crippen LogP contribution in [0.5, 0.6) is 0 Å². The molecule has 4 heteroatoms. The molecule has 0 radical (unpaired) electrons. The third-order valence-electron chi connectivity index (χ3n) is 0.886. The fourth-order valence-electron chi connectivity index (χ4n) is 0.405. The lowest BCUT2D eigenvalue weighted by molar-refractivity contribution is -0.142. The third kappa shape index (κ3) is 7.36. The van der Waals surface area contributed by atoms with Crippen molar-refractivity contribution in [3.63, 3.8) is 0 Å². The molecule has 0 aliphatic rings. The Morgan fingerprint density at radius 2 is 2.40 bits per heavy atom. The van der Waals surface area contributed by atoms with Gasteiger partial charge in [0, 0.05) is 6.42 Å². The first-order valence-corrected chi connectivity index (χ1v) is 3.06. The Morgan fingerprint density at radius 1 is 1.80 bits per heavy atom. The molecule has 0 spiro atoms. The van der Waals surface area contributed by atoms with Crippen LogP contribution in [-0.4, -0.2) is 30.5 Å². The predicted molar refractivity (Wildman–Crippen MR) is 33.6 cm³/mol. The van der Waals surface area contributed by atoms with E-state index in [9.17, 15) is 9.18 Å². The molecule has 0 rings (SSSR count). The molecule has 10 heavy (non-hydrogen) atoms. The first kappa shape index (κ1) is 9.36. The smallest absolute Gasteiger partial charge is 0.329 e. The van der Waals surface area contributed by atoms with Crippen molar-refractivity contribution in [1.82, 2.24) is 0 Å². The van der Waals surface area contributed by atoms with Gasteiger partial charge in [-0.2, -0.15) is 0 Å². The molecule has 3 nitrogen and oxygen atoms in total. The quantitative estimate of drug-likeness (QED) is 0.590. The molecule has 0 saturated carbocycles. The van der Waals surface area contributed by atoms with E-state index in [2.05, 4.69) is 4.74 Å². The Hall–Kier alpha value is -0.640. The van der Waals surface area contributed by atoms with Crippen LogP contribution in [0.2, 0.25) is 0 Å². The molecule has 0 aliphatic carbocycles. The van der Waals surface area contributed by atoms with Crippen LogP contribution in [0.1, 0.15) is 13.3 Å². The highest BCUT2D eigenvalue weighted by Crippen LogP contribution is 1.94. The number of rotatable bonds is 5. The van der Waals surface area contributed by atoms with Crippen molar-refractivity contribution >= 4 is 5.97 Å². The van der Waals surface area contributed by atoms with Crippen LogP contribution >= 0.6 is 0 Å². The molecule has 60 valence electrons. The van der Waals surface area contributed by atoms with Crippen LogP contribution in [-0.2, 0) is 9.53 Å². The zero-order valence-electron chi connectivity index (χ0n) is 5.84. The average Bonchev–Trinajstić information content (AvgIpc) is 1.79. The summed E-state index contributed by atoms with van der Waals surface area (Å²) in [6, 6.07) is 0. The summed E-state index contributed by atoms with van der Waals surface area (Å²) in [4.78, 5) is 9.83. The summed E-state index contributed by atoms with van der Waals surface area (Å²) >= 11 is 0. The Labute approximate surface area is 58.8 Å². The molecule has 0 saturated heterocycles. The van der Waals surface area contributed by atoms with Crippen molar-refractivity contribution < 1.29 is 19.0 Å². The summed E-state index contributed by atoms with van der Waals surface area (Å²) in [5, 5.41) is 8.06. The molecule has 1 N–H and O–H groups in total. The van der Waals surface area contributed by atoms with E-state index in [-0.39, 0.29) is 19.6 Å². The fraction of sp³-hybridized carbons (Fsp3) is 0.833. The van der Waals surface area contributed by atoms with Gasteiger partial charge in [-0.15, -0.1) is 0 Å². The number of alkyl halides is 1. The lowest BCUT2D eigenvalue weighted by Gasteiger charge is -2.00. The molecule has 0 aromatic carbocycles. The number of carbonyl (C=O) groups is 1. The molecule has 1 unspecified atom stereocenters. The Balaban J connectivity index is 2.98. The SMILES string of the molecule is CC(F)CCOCC(=O)O. The van der Waals surface area contributed by atoms with E-state index in [4.69, 9.17) is 5.11 Å². The highest BCUT2D eigenvalue weighted by molar-refractivity contribution is 5.67. The minimum atomic E-state index is -1.02. The summed E-state index contributed by atoms with van der Waals surface area (Å²) in [5.41, 5.74) is 0. The van der Waals surface area contributed by atoms with E-state index in [1.165, 1.54) is 6.92 Å². The highest BCUT2D eigenvalue weighted by Gasteiger charge is 1.99. The van der Waals surface area contributed by atoms with Gasteiger partial charge in [-0.3, -0.25) is 0 Å². The second-order valence-corrected chi connectivity index (χ2v) is 2.02. The van der Waals surface area contributed by atoms with Crippen LogP contribution in [0.4, 0.5) is 4.39 Å². The number of carboxylic acids is 1. The van der Waals surface area contributed by atoms with Crippen LogP contribution in [0.25, 0.3) is 0 Å². The van der Waals surface area contributed by atoms with Gasteiger partial charge in [-0.1, -0.05) is 0 Å². The van der Waals surface area contributed by atoms with Crippen molar-refractivity contribution in [2.24, 2.45) is 0 Å². The molecule has 0 aliphatic heterocycles. The van der Waals surface area contributed by atoms with Gasteiger partial charge in [0.2, 0.25) is 0 Å². The molecule has 0 heterocycles. The molecule has 0 amide bonds. The molecule has 0 aromatic rings. The van der Waals surface area contributed by atoms with Gasteiger partial charge in [0.15, 0.2) is 0 Å². The minimum Gasteiger partial charge on any atom is -0.480 e. The molecule has 0 aromatic heterocycles. The van der Waals surface area contributed by atoms with E-state index in [1.807, 2.05) is 0 Å². The number of halogens is 1. The van der Waals surface area contributed by atoms with Gasteiger partial charge in [0.1, 0.15) is 6.61 Å². The van der Waals surface area contributed by atoms with Gasteiger partial charge in [0.25, 0.3) is 0 Å². The van der Waals surface area contributed by atoms with Crippen LogP contribution in [0.15, 0.2) is 0 Å². The van der Waals surface area contributed by atoms with Crippen LogP contribution in [0.3, 0.4) is 0 Å². The third-order valence-corrected chi connectivity index (χ3v) is 0.886. The fourth-order valence-corrected chi connectivity index (χ4v) is 0.405. The van der Waals surface area contributed by atoms with Crippen LogP contribution in [0, 0.1) is 0 Å². The molecular formula is C6H11FO3. The zero-order chi connectivity index (χ0) is 7.98. The maximum Gasteiger partial charge on any atom is 0.329 e. The highest BCUT2D eigenvalue weighted by atomic mass is 19.1. The zero-order valence-corrected chi connectivity index (χ0v) is 5.84. The van der Waals surface area contributed by atoms with Gasteiger partial charge < -0.3 is 9.84 Å². The second kappa shape index (κ2) is 5.17. The molecular weight excluding hydrogens is 139 g/mol. The van der Waals surface area contributed by atoms with E-state index in [1.54, 1.807) is 0 Å². The number of hydrogen-bond donors (Lipinski definition) is 1. The van der Waals surface area contributed by atoms with Crippen LogP contribution < -0.4 is 0 Å². The van der Waals surface area contributed by atoms with E-state index in [0.29, 0.717) is 0 Å². The predicted octanol–water partition coefficient (Wildman–Crippen LogP) is 0.836. The van der Waals surface area contributed by atoms with Gasteiger partial charge in [-0.05, 0) is 6.92 Å². The monoisotopic (exact) mass is 150 g/mol. The molecule has 0 bridgehead atoms. The molecule has 1 atom stereocenters. The summed E-state index contributed by atoms with van der Waals surface area (Å²) in [7, 11) is 0. The van der Waals surface area contributed by atoms with Gasteiger partial charge in [0.05, 0.1) is 12.8 Å². The first-order valence-electron chi connectivity index (χ1n) is 3.06. The summed E-state index contributed by atoms with van der Waals surface area (Å²) in [6.07, 6.45) is -0.665. The Morgan fingerprint density at radius 3 is 2.80 bits per heavy atom. The number of aliphatic carboxylic acids is 1. The number of carboxylic acid groups (broad SMARTS) is 1. The lowest BCUT2D eigenvalue weighted by Crippen LogP contribution is -2.09. The summed E-state index contributed by atoms with van der Waals surface area (Å²) in [5.74, 6) is -1.02. The van der Waals surface area contributed by atoms with Gasteiger partial charge in [-0.25, -0.2) is 9.18 Å². The normalized spacial score (nSPS) is 13.0. The van der Waals surface area contributed by atoms with Crippen molar-refractivity contribution in [2.45, 2.75) is 19.5 Å². The largest absolute Gasteiger partial charge is 0.480 e. The summed E-state index contributed by atoms with van der Waals surface area (Å²) < 4.78 is 16.6. The topological polar surface area (TPSA) is 46.5 Å². The van der Waals surface area contributed by atoms with Crippen molar-refractivity contribution in [3.05, 3.63) is 0 Å². The van der Waals surface area contributed by atoms with Gasteiger partial charge >= 0.3 is 5.97 Å². The molecule has 0 fully saturated rings. The van der Waals surface area contributed by atoms with E-state index in [0.717, 1.165) is 0 Å². The number of ether oxygens (including phenoxy) is 1. The standard InChI is InChI=1S/C6H11FO3/c1-5(7)2-3-10-4-6(8)9/h5H,2-4H2,1H3,(H,8,9). The Kier molecular flexibility index (Phi) is 4.84. The minimum absolute atomic E-state index is 0.171. The maximum atomic E-state index is 12.0. The van der Waals surface area contributed by atoms with E-state index >= 15 is 0 Å². The second-order valence-electron chi connectivity index (χ2n) is 2.02.